The molecule has 1 amide bonds. The number of nitrogens with one attached hydrogen (secondary N) is 1. The lowest BCUT2D eigenvalue weighted by Crippen LogP contribution is -2.48. The van der Waals surface area contributed by atoms with E-state index >= 15 is 0 Å². The summed E-state index contributed by atoms with van der Waals surface area (Å²) in [5, 5.41) is 8.14. The highest BCUT2D eigenvalue weighted by Crippen LogP contribution is 2.39. The Morgan fingerprint density at radius 3 is 2.71 bits per heavy atom. The molecule has 0 spiro atoms. The molecule has 144 valence electrons. The van der Waals surface area contributed by atoms with Crippen LogP contribution in [0.4, 0.5) is 5.69 Å². The minimum absolute atomic E-state index is 0.0105. The number of carbonyl (C=O) groups excluding carboxylic acids is 1. The molecule has 2 aliphatic rings. The van der Waals surface area contributed by atoms with Gasteiger partial charge in [-0.3, -0.25) is 9.89 Å². The summed E-state index contributed by atoms with van der Waals surface area (Å²) < 4.78 is 5.36. The lowest BCUT2D eigenvalue weighted by Gasteiger charge is -2.35. The highest BCUT2D eigenvalue weighted by Gasteiger charge is 2.29. The zero-order valence-corrected chi connectivity index (χ0v) is 15.8. The first-order valence-electron chi connectivity index (χ1n) is 9.61. The van der Waals surface area contributed by atoms with Crippen molar-refractivity contribution in [2.45, 2.75) is 18.8 Å². The number of ether oxygens (including phenoxy) is 1. The largest absolute Gasteiger partial charge is 0.480 e. The number of fused-ring (bicyclic) bond motifs is 1. The van der Waals surface area contributed by atoms with Crippen molar-refractivity contribution in [3.8, 4) is 5.88 Å². The van der Waals surface area contributed by atoms with Crippen LogP contribution in [0.25, 0.3) is 10.9 Å². The van der Waals surface area contributed by atoms with E-state index in [0.717, 1.165) is 35.4 Å². The Balaban J connectivity index is 1.28. The molecule has 2 aromatic heterocycles. The first-order valence-corrected chi connectivity index (χ1v) is 9.61. The molecule has 2 fully saturated rings. The van der Waals surface area contributed by atoms with Gasteiger partial charge in [0.05, 0.1) is 18.0 Å². The van der Waals surface area contributed by atoms with Crippen molar-refractivity contribution in [1.29, 1.82) is 0 Å². The van der Waals surface area contributed by atoms with Gasteiger partial charge in [0.15, 0.2) is 0 Å². The van der Waals surface area contributed by atoms with Crippen LogP contribution in [0.3, 0.4) is 0 Å². The predicted octanol–water partition coefficient (Wildman–Crippen LogP) is 2.20. The van der Waals surface area contributed by atoms with Crippen LogP contribution in [0, 0.1) is 0 Å². The molecule has 28 heavy (non-hydrogen) atoms. The maximum Gasteiger partial charge on any atom is 0.274 e. The number of hydrogen-bond acceptors (Lipinski definition) is 6. The van der Waals surface area contributed by atoms with Crippen LogP contribution in [-0.2, 0) is 0 Å². The van der Waals surface area contributed by atoms with E-state index in [-0.39, 0.29) is 5.91 Å². The standard InChI is InChI=1S/C20H22N6O2/c1-28-19-15-10-14(4-5-16(15)21-12-22-19)25-6-8-26(9-7-25)20(27)18-11-17(23-24-18)13-2-3-13/h4-5,10-13H,2-3,6-9H2,1H3,(H,23,24). The Morgan fingerprint density at radius 1 is 1.14 bits per heavy atom. The van der Waals surface area contributed by atoms with Gasteiger partial charge >= 0.3 is 0 Å². The number of aromatic nitrogens is 4. The van der Waals surface area contributed by atoms with Crippen molar-refractivity contribution < 1.29 is 9.53 Å². The van der Waals surface area contributed by atoms with E-state index in [9.17, 15) is 4.79 Å². The van der Waals surface area contributed by atoms with Crippen LogP contribution in [0.2, 0.25) is 0 Å². The van der Waals surface area contributed by atoms with Gasteiger partial charge in [-0.1, -0.05) is 0 Å². The Bertz CT molecular complexity index is 1020. The maximum absolute atomic E-state index is 12.7. The van der Waals surface area contributed by atoms with Crippen molar-refractivity contribution in [2.75, 3.05) is 38.2 Å². The van der Waals surface area contributed by atoms with E-state index in [2.05, 4.69) is 37.2 Å². The zero-order chi connectivity index (χ0) is 19.1. The van der Waals surface area contributed by atoms with Gasteiger partial charge in [0, 0.05) is 43.5 Å². The smallest absolute Gasteiger partial charge is 0.274 e. The first-order chi connectivity index (χ1) is 13.7. The highest BCUT2D eigenvalue weighted by atomic mass is 16.5. The molecule has 1 saturated carbocycles. The number of methoxy groups -OCH3 is 1. The molecule has 3 aromatic rings. The molecular formula is C20H22N6O2. The third-order valence-corrected chi connectivity index (χ3v) is 5.54. The van der Waals surface area contributed by atoms with Gasteiger partial charge in [0.25, 0.3) is 5.91 Å². The van der Waals surface area contributed by atoms with Crippen LogP contribution in [0.15, 0.2) is 30.6 Å². The first kappa shape index (κ1) is 17.0. The van der Waals surface area contributed by atoms with Gasteiger partial charge in [-0.2, -0.15) is 5.10 Å². The fourth-order valence-corrected chi connectivity index (χ4v) is 3.76. The molecule has 0 bridgehead atoms. The number of piperazine rings is 1. The molecule has 0 radical (unpaired) electrons. The van der Waals surface area contributed by atoms with Gasteiger partial charge in [-0.15, -0.1) is 0 Å². The van der Waals surface area contributed by atoms with Gasteiger partial charge in [0.1, 0.15) is 12.0 Å². The number of aromatic amines is 1. The molecule has 1 aliphatic heterocycles. The molecule has 8 nitrogen and oxygen atoms in total. The van der Waals surface area contributed by atoms with Crippen molar-refractivity contribution in [3.63, 3.8) is 0 Å². The van der Waals surface area contributed by atoms with Gasteiger partial charge in [0.2, 0.25) is 5.88 Å². The molecule has 1 aliphatic carbocycles. The number of amides is 1. The van der Waals surface area contributed by atoms with Gasteiger partial charge < -0.3 is 14.5 Å². The quantitative estimate of drug-likeness (QED) is 0.749. The van der Waals surface area contributed by atoms with E-state index in [1.54, 1.807) is 7.11 Å². The minimum Gasteiger partial charge on any atom is -0.480 e. The Hall–Kier alpha value is -3.16. The molecule has 1 saturated heterocycles. The molecule has 0 unspecified atom stereocenters. The third-order valence-electron chi connectivity index (χ3n) is 5.54. The number of anilines is 1. The number of hydrogen-bond donors (Lipinski definition) is 1. The monoisotopic (exact) mass is 378 g/mol. The van der Waals surface area contributed by atoms with E-state index < -0.39 is 0 Å². The molecule has 1 N–H and O–H groups in total. The van der Waals surface area contributed by atoms with E-state index in [0.29, 0.717) is 30.6 Å². The molecule has 1 aromatic carbocycles. The molecular weight excluding hydrogens is 356 g/mol. The second-order valence-electron chi connectivity index (χ2n) is 7.35. The summed E-state index contributed by atoms with van der Waals surface area (Å²) in [4.78, 5) is 25.4. The Morgan fingerprint density at radius 2 is 1.96 bits per heavy atom. The maximum atomic E-state index is 12.7. The lowest BCUT2D eigenvalue weighted by atomic mass is 10.1. The number of H-pyrrole nitrogens is 1. The van der Waals surface area contributed by atoms with Crippen LogP contribution < -0.4 is 9.64 Å². The van der Waals surface area contributed by atoms with E-state index in [4.69, 9.17) is 4.74 Å². The fraction of sp³-hybridized carbons (Fsp3) is 0.400. The van der Waals surface area contributed by atoms with Crippen molar-refractivity contribution >= 4 is 22.5 Å². The topological polar surface area (TPSA) is 87.2 Å². The summed E-state index contributed by atoms with van der Waals surface area (Å²) >= 11 is 0. The molecule has 0 atom stereocenters. The summed E-state index contributed by atoms with van der Waals surface area (Å²) in [5.41, 5.74) is 3.56. The minimum atomic E-state index is 0.0105. The SMILES string of the molecule is COc1ncnc2ccc(N3CCN(C(=O)c4cc(C5CC5)[nH]n4)CC3)cc12. The van der Waals surface area contributed by atoms with E-state index in [1.807, 2.05) is 17.0 Å². The summed E-state index contributed by atoms with van der Waals surface area (Å²) in [6, 6.07) is 8.01. The van der Waals surface area contributed by atoms with Gasteiger partial charge in [-0.05, 0) is 37.1 Å². The number of nitrogens with zero attached hydrogens (tertiary/aromatic N) is 5. The average molecular weight is 378 g/mol. The Labute approximate surface area is 162 Å². The molecule has 5 rings (SSSR count). The second-order valence-corrected chi connectivity index (χ2v) is 7.35. The Kier molecular flexibility index (Phi) is 4.11. The third kappa shape index (κ3) is 3.04. The van der Waals surface area contributed by atoms with Crippen LogP contribution >= 0.6 is 0 Å². The predicted molar refractivity (Wildman–Crippen MR) is 105 cm³/mol. The number of benzene rings is 1. The number of rotatable bonds is 4. The van der Waals surface area contributed by atoms with Crippen molar-refractivity contribution in [3.05, 3.63) is 42.0 Å². The summed E-state index contributed by atoms with van der Waals surface area (Å²) in [7, 11) is 1.61. The van der Waals surface area contributed by atoms with E-state index in [1.165, 1.54) is 19.2 Å². The number of carbonyl (C=O) groups is 1. The van der Waals surface area contributed by atoms with Gasteiger partial charge in [-0.25, -0.2) is 9.97 Å². The lowest BCUT2D eigenvalue weighted by molar-refractivity contribution is 0.0741. The van der Waals surface area contributed by atoms with Crippen LogP contribution in [-0.4, -0.2) is 64.3 Å². The summed E-state index contributed by atoms with van der Waals surface area (Å²) in [5.74, 6) is 1.15. The van der Waals surface area contributed by atoms with Crippen LogP contribution in [0.1, 0.15) is 34.9 Å². The van der Waals surface area contributed by atoms with Crippen molar-refractivity contribution in [1.82, 2.24) is 25.1 Å². The average Bonchev–Trinajstić information content (AvgIpc) is 3.49. The molecule has 8 heteroatoms. The van der Waals surface area contributed by atoms with Crippen LogP contribution in [0.5, 0.6) is 5.88 Å². The zero-order valence-electron chi connectivity index (χ0n) is 15.8. The fourth-order valence-electron chi connectivity index (χ4n) is 3.76. The molecule has 3 heterocycles. The normalized spacial score (nSPS) is 17.2. The van der Waals surface area contributed by atoms with Crippen molar-refractivity contribution in [2.24, 2.45) is 0 Å². The highest BCUT2D eigenvalue weighted by molar-refractivity contribution is 5.92. The second kappa shape index (κ2) is 6.78. The summed E-state index contributed by atoms with van der Waals surface area (Å²) in [6.07, 6.45) is 3.89. The summed E-state index contributed by atoms with van der Waals surface area (Å²) in [6.45, 7) is 2.89.